The zero-order chi connectivity index (χ0) is 12.3. The smallest absolute Gasteiger partial charge is 0.303 e. The van der Waals surface area contributed by atoms with Gasteiger partial charge in [0.15, 0.2) is 0 Å². The second-order valence-corrected chi connectivity index (χ2v) is 6.04. The average molecular weight is 242 g/mol. The van der Waals surface area contributed by atoms with Crippen molar-refractivity contribution < 1.29 is 28.7 Å². The lowest BCUT2D eigenvalue weighted by molar-refractivity contribution is -0.400. The van der Waals surface area contributed by atoms with Crippen LogP contribution in [0, 0.1) is 0 Å². The molecule has 6 nitrogen and oxygen atoms in total. The van der Waals surface area contributed by atoms with Gasteiger partial charge in [-0.15, -0.1) is 0 Å². The maximum absolute atomic E-state index is 10.5. The molecule has 92 valence electrons. The molecule has 0 bridgehead atoms. The maximum atomic E-state index is 10.5. The summed E-state index contributed by atoms with van der Waals surface area (Å²) >= 11 is 0. The van der Waals surface area contributed by atoms with E-state index in [4.69, 9.17) is 19.6 Å². The van der Waals surface area contributed by atoms with Crippen molar-refractivity contribution in [2.45, 2.75) is 45.8 Å². The Labute approximate surface area is 89.7 Å². The highest BCUT2D eigenvalue weighted by Crippen LogP contribution is 2.37. The van der Waals surface area contributed by atoms with E-state index in [0.717, 1.165) is 0 Å². The van der Waals surface area contributed by atoms with Crippen molar-refractivity contribution in [3.05, 3.63) is 0 Å². The lowest BCUT2D eigenvalue weighted by Gasteiger charge is -2.28. The van der Waals surface area contributed by atoms with Crippen LogP contribution in [0.5, 0.6) is 0 Å². The van der Waals surface area contributed by atoms with Gasteiger partial charge in [0.25, 0.3) is 0 Å². The Morgan fingerprint density at radius 2 is 1.53 bits per heavy atom. The molecule has 0 amide bonds. The van der Waals surface area contributed by atoms with E-state index in [1.165, 1.54) is 0 Å². The summed E-state index contributed by atoms with van der Waals surface area (Å²) in [4.78, 5) is 27.1. The third-order valence-electron chi connectivity index (χ3n) is 1.10. The van der Waals surface area contributed by atoms with Crippen molar-refractivity contribution >= 4 is 7.82 Å². The normalized spacial score (nSPS) is 14.3. The molecule has 2 N–H and O–H groups in total. The molecule has 0 heterocycles. The fraction of sp³-hybridized carbons (Fsp3) is 1.00. The highest BCUT2D eigenvalue weighted by Gasteiger charge is 2.28. The van der Waals surface area contributed by atoms with Gasteiger partial charge in [0.05, 0.1) is 12.2 Å². The second kappa shape index (κ2) is 4.91. The predicted octanol–water partition coefficient (Wildman–Crippen LogP) is 1.62. The van der Waals surface area contributed by atoms with Gasteiger partial charge in [0.2, 0.25) is 0 Å². The summed E-state index contributed by atoms with van der Waals surface area (Å²) in [5, 5.41) is 0. The van der Waals surface area contributed by atoms with Gasteiger partial charge in [-0.25, -0.2) is 14.3 Å². The van der Waals surface area contributed by atoms with Crippen molar-refractivity contribution in [1.29, 1.82) is 0 Å². The Hall–Kier alpha value is 0.0300. The van der Waals surface area contributed by atoms with Gasteiger partial charge in [0, 0.05) is 0 Å². The van der Waals surface area contributed by atoms with Crippen molar-refractivity contribution in [2.24, 2.45) is 0 Å². The molecule has 0 aromatic rings. The third-order valence-corrected chi connectivity index (χ3v) is 1.56. The molecule has 0 aliphatic heterocycles. The van der Waals surface area contributed by atoms with E-state index in [1.807, 2.05) is 0 Å². The Kier molecular flexibility index (Phi) is 4.92. The van der Waals surface area contributed by atoms with E-state index >= 15 is 0 Å². The van der Waals surface area contributed by atoms with E-state index in [1.54, 1.807) is 34.6 Å². The van der Waals surface area contributed by atoms with Gasteiger partial charge in [-0.3, -0.25) is 4.52 Å². The molecule has 7 heteroatoms. The van der Waals surface area contributed by atoms with E-state index in [-0.39, 0.29) is 6.61 Å². The fourth-order valence-electron chi connectivity index (χ4n) is 0.501. The molecule has 0 saturated carbocycles. The lowest BCUT2D eigenvalue weighted by atomic mass is 10.2. The molecule has 0 atom stereocenters. The Bertz CT molecular complexity index is 238. The molecule has 0 aliphatic carbocycles. The van der Waals surface area contributed by atoms with Crippen LogP contribution in [0.1, 0.15) is 34.6 Å². The van der Waals surface area contributed by atoms with E-state index in [9.17, 15) is 4.57 Å². The van der Waals surface area contributed by atoms with Crippen LogP contribution in [0.3, 0.4) is 0 Å². The molecule has 0 fully saturated rings. The highest BCUT2D eigenvalue weighted by atomic mass is 31.2. The molecular formula is C8H19O6P. The van der Waals surface area contributed by atoms with Gasteiger partial charge in [-0.05, 0) is 34.6 Å². The molecular weight excluding hydrogens is 223 g/mol. The van der Waals surface area contributed by atoms with Crippen LogP contribution in [0.4, 0.5) is 0 Å². The average Bonchev–Trinajstić information content (AvgIpc) is 1.96. The number of phosphoric acid groups is 1. The minimum atomic E-state index is -4.46. The summed E-state index contributed by atoms with van der Waals surface area (Å²) in [7, 11) is -4.46. The van der Waals surface area contributed by atoms with Crippen LogP contribution in [-0.4, -0.2) is 27.6 Å². The number of rotatable bonds is 5. The Balaban J connectivity index is 4.03. The number of hydrogen-bond donors (Lipinski definition) is 2. The Morgan fingerprint density at radius 1 is 1.07 bits per heavy atom. The molecule has 0 aliphatic rings. The molecule has 0 rings (SSSR count). The lowest BCUT2D eigenvalue weighted by Crippen LogP contribution is -2.34. The Morgan fingerprint density at radius 3 is 1.87 bits per heavy atom. The van der Waals surface area contributed by atoms with E-state index in [0.29, 0.717) is 0 Å². The van der Waals surface area contributed by atoms with Gasteiger partial charge in [-0.2, -0.15) is 0 Å². The molecule has 0 saturated heterocycles. The SMILES string of the molecule is CC(C)(C)OOC(C)(C)COP(=O)(O)O. The van der Waals surface area contributed by atoms with Crippen LogP contribution in [0.25, 0.3) is 0 Å². The van der Waals surface area contributed by atoms with Crippen LogP contribution < -0.4 is 0 Å². The summed E-state index contributed by atoms with van der Waals surface area (Å²) in [5.74, 6) is 0. The van der Waals surface area contributed by atoms with Crippen LogP contribution in [0.2, 0.25) is 0 Å². The van der Waals surface area contributed by atoms with E-state index in [2.05, 4.69) is 4.52 Å². The molecule has 0 spiro atoms. The van der Waals surface area contributed by atoms with Gasteiger partial charge in [-0.1, -0.05) is 0 Å². The largest absolute Gasteiger partial charge is 0.469 e. The maximum Gasteiger partial charge on any atom is 0.469 e. The first-order chi connectivity index (χ1) is 6.41. The van der Waals surface area contributed by atoms with Crippen LogP contribution in [-0.2, 0) is 18.9 Å². The molecule has 0 aromatic heterocycles. The van der Waals surface area contributed by atoms with Gasteiger partial charge < -0.3 is 9.79 Å². The molecule has 0 aromatic carbocycles. The monoisotopic (exact) mass is 242 g/mol. The third kappa shape index (κ3) is 10.3. The zero-order valence-corrected chi connectivity index (χ0v) is 10.6. The fourth-order valence-corrected chi connectivity index (χ4v) is 0.980. The standard InChI is InChI=1S/C8H19O6P/c1-7(2,3)13-14-8(4,5)6-12-15(9,10)11/h6H2,1-5H3,(H2,9,10,11). The number of hydrogen-bond acceptors (Lipinski definition) is 4. The first kappa shape index (κ1) is 15.0. The van der Waals surface area contributed by atoms with Crippen molar-refractivity contribution in [2.75, 3.05) is 6.61 Å². The van der Waals surface area contributed by atoms with Gasteiger partial charge >= 0.3 is 7.82 Å². The number of phosphoric ester groups is 1. The first-order valence-electron chi connectivity index (χ1n) is 4.48. The van der Waals surface area contributed by atoms with E-state index < -0.39 is 19.0 Å². The van der Waals surface area contributed by atoms with Gasteiger partial charge in [0.1, 0.15) is 5.60 Å². The quantitative estimate of drug-likeness (QED) is 0.433. The first-order valence-corrected chi connectivity index (χ1v) is 6.01. The summed E-state index contributed by atoms with van der Waals surface area (Å²) in [6.45, 7) is 8.35. The molecule has 0 unspecified atom stereocenters. The summed E-state index contributed by atoms with van der Waals surface area (Å²) in [5.41, 5.74) is -1.41. The topological polar surface area (TPSA) is 85.2 Å². The predicted molar refractivity (Wildman–Crippen MR) is 54.0 cm³/mol. The molecule has 0 radical (unpaired) electrons. The minimum absolute atomic E-state index is 0.257. The second-order valence-electron chi connectivity index (χ2n) is 4.80. The summed E-state index contributed by atoms with van der Waals surface area (Å²) in [6.07, 6.45) is 0. The van der Waals surface area contributed by atoms with Crippen molar-refractivity contribution in [3.8, 4) is 0 Å². The van der Waals surface area contributed by atoms with Crippen LogP contribution >= 0.6 is 7.82 Å². The van der Waals surface area contributed by atoms with Crippen molar-refractivity contribution in [1.82, 2.24) is 0 Å². The summed E-state index contributed by atoms with van der Waals surface area (Å²) in [6, 6.07) is 0. The minimum Gasteiger partial charge on any atom is -0.303 e. The highest BCUT2D eigenvalue weighted by molar-refractivity contribution is 7.46. The zero-order valence-electron chi connectivity index (χ0n) is 9.68. The van der Waals surface area contributed by atoms with Crippen LogP contribution in [0.15, 0.2) is 0 Å². The van der Waals surface area contributed by atoms with Crippen molar-refractivity contribution in [3.63, 3.8) is 0 Å². The molecule has 15 heavy (non-hydrogen) atoms. The summed E-state index contributed by atoms with van der Waals surface area (Å²) < 4.78 is 14.8.